The second-order valence-corrected chi connectivity index (χ2v) is 45.5. The summed E-state index contributed by atoms with van der Waals surface area (Å²) < 4.78 is 62.3. The van der Waals surface area contributed by atoms with E-state index in [1.54, 1.807) is 0 Å². The third-order valence-corrected chi connectivity index (χ3v) is 17.9. The second-order valence-electron chi connectivity index (χ2n) is 45.5. The number of aliphatic hydroxyl groups excluding tert-OH is 4. The van der Waals surface area contributed by atoms with Crippen LogP contribution in [0.25, 0.3) is 0 Å². The summed E-state index contributed by atoms with van der Waals surface area (Å²) in [7, 11) is 0. The molecule has 0 radical (unpaired) electrons. The summed E-state index contributed by atoms with van der Waals surface area (Å²) in [4.78, 5) is 60.2. The molecule has 0 aliphatic heterocycles. The van der Waals surface area contributed by atoms with Crippen LogP contribution in [0.4, 0.5) is 0 Å². The van der Waals surface area contributed by atoms with Crippen molar-refractivity contribution < 1.29 is 96.5 Å². The Bertz CT molecular complexity index is 2640. The average Bonchev–Trinajstić information content (AvgIpc) is 0.916. The maximum Gasteiger partial charge on any atom is 0.239 e. The molecule has 0 aromatic rings. The average molecular weight is 1810 g/mol. The van der Waals surface area contributed by atoms with Crippen molar-refractivity contribution in [2.24, 2.45) is 39.9 Å². The smallest absolute Gasteiger partial charge is 0.239 e. The van der Waals surface area contributed by atoms with Gasteiger partial charge in [0.25, 0.3) is 0 Å². The lowest BCUT2D eigenvalue weighted by Crippen LogP contribution is -2.54. The van der Waals surface area contributed by atoms with Crippen molar-refractivity contribution in [1.29, 1.82) is 0 Å². The fourth-order valence-electron chi connectivity index (χ4n) is 10.5. The van der Waals surface area contributed by atoms with E-state index in [1.807, 2.05) is 208 Å². The van der Waals surface area contributed by atoms with Gasteiger partial charge in [0.05, 0.1) is 118 Å². The molecule has 0 saturated carbocycles. The Morgan fingerprint density at radius 3 is 0.857 bits per heavy atom. The Morgan fingerprint density at radius 1 is 0.230 bits per heavy atom. The molecule has 0 spiro atoms. The Hall–Kier alpha value is -3.33. The topological polar surface area (TPSA) is 352 Å². The molecule has 0 saturated heterocycles. The van der Waals surface area contributed by atoms with Crippen molar-refractivity contribution in [3.8, 4) is 0 Å². The molecular formula is C99H205N7O20. The normalized spacial score (nSPS) is 14.3. The van der Waals surface area contributed by atoms with E-state index in [2.05, 4.69) is 78.8 Å². The number of aliphatic hydroxyl groups is 4. The minimum atomic E-state index is -0.391. The van der Waals surface area contributed by atoms with Crippen molar-refractivity contribution in [3.05, 3.63) is 0 Å². The Kier molecular flexibility index (Phi) is 72.3. The number of hydrogen-bond acceptors (Lipinski definition) is 22. The van der Waals surface area contributed by atoms with Gasteiger partial charge in [0.2, 0.25) is 29.5 Å². The van der Waals surface area contributed by atoms with Gasteiger partial charge in [-0.2, -0.15) is 0 Å². The third kappa shape index (κ3) is 98.2. The molecule has 126 heavy (non-hydrogen) atoms. The lowest BCUT2D eigenvalue weighted by atomic mass is 9.95. The standard InChI is InChI=1S/C26H54N2O6.C24H50N2O4.C18H37NO5.C16H33NO3.C15H31NO2/c1-24(2,3)28-22(20-34-26(7,8)9)23(30)27-13-10-11-14-31-16-17-32-15-12-21(18-29)19-33-25(4,5)6;1-22(2,3)26-20(14-12-16-29-23(4,5)6)21(28)25-15-11-10-13-19(17-27)18-30-24(7,8)9;1-17(2,3)16(21)19-8-7-9-22-10-11-23-13-15(12-20)14-24-18(4,5)6;1-15(2,3)14(19)17-10-8-7-9-13(11-18)12-20-16(4,5)6;1-14(2,3)13(17)16-11-9-7-8-10-12-18-15(4,5)6/h21-22,28-29H,10-20H2,1-9H3,(H,27,30);19-20,26-27H,10-18H2,1-9H3,(H,25,28);15,20H,7-14H2,1-6H3,(H,19,21);13,18H,7-12H2,1-6H3,(H,17,19);7-12H2,1-6H3,(H,16,17)/t21?,22-;19?,20-;;;/m00.../s1. The van der Waals surface area contributed by atoms with Gasteiger partial charge in [-0.1, -0.05) is 88.0 Å². The van der Waals surface area contributed by atoms with E-state index in [9.17, 15) is 44.4 Å². The highest BCUT2D eigenvalue weighted by atomic mass is 16.5. The Balaban J connectivity index is -0.000000493. The molecule has 0 aromatic heterocycles. The minimum absolute atomic E-state index is 0.0168. The van der Waals surface area contributed by atoms with Crippen molar-refractivity contribution in [3.63, 3.8) is 0 Å². The summed E-state index contributed by atoms with van der Waals surface area (Å²) in [6, 6.07) is -0.614. The quantitative estimate of drug-likeness (QED) is 0.0252. The first-order chi connectivity index (χ1) is 57.5. The number of unbranched alkanes of at least 4 members (excludes halogenated alkanes) is 6. The summed E-state index contributed by atoms with van der Waals surface area (Å²) in [5.74, 6) is 0.707. The van der Waals surface area contributed by atoms with E-state index in [4.69, 9.17) is 52.1 Å². The molecule has 0 aliphatic carbocycles. The van der Waals surface area contributed by atoms with Gasteiger partial charge < -0.3 is 104 Å². The molecule has 11 N–H and O–H groups in total. The van der Waals surface area contributed by atoms with Crippen molar-refractivity contribution >= 4 is 29.5 Å². The molecule has 0 fully saturated rings. The van der Waals surface area contributed by atoms with E-state index >= 15 is 0 Å². The minimum Gasteiger partial charge on any atom is -0.396 e. The van der Waals surface area contributed by atoms with Crippen LogP contribution in [0.15, 0.2) is 0 Å². The van der Waals surface area contributed by atoms with Crippen LogP contribution in [-0.2, 0) is 76.1 Å². The summed E-state index contributed by atoms with van der Waals surface area (Å²) >= 11 is 0. The fraction of sp³-hybridized carbons (Fsp3) is 0.949. The highest BCUT2D eigenvalue weighted by Gasteiger charge is 2.29. The number of carbonyl (C=O) groups excluding carboxylic acids is 5. The van der Waals surface area contributed by atoms with Crippen LogP contribution in [0.1, 0.15) is 352 Å². The third-order valence-electron chi connectivity index (χ3n) is 17.9. The van der Waals surface area contributed by atoms with Gasteiger partial charge in [-0.15, -0.1) is 0 Å². The van der Waals surface area contributed by atoms with Gasteiger partial charge in [0.15, 0.2) is 0 Å². The van der Waals surface area contributed by atoms with Crippen LogP contribution in [0.3, 0.4) is 0 Å². The van der Waals surface area contributed by atoms with Crippen molar-refractivity contribution in [1.82, 2.24) is 37.2 Å². The molecule has 6 atom stereocenters. The first-order valence-corrected chi connectivity index (χ1v) is 47.7. The summed E-state index contributed by atoms with van der Waals surface area (Å²) in [5.41, 5.74) is -2.49. The largest absolute Gasteiger partial charge is 0.396 e. The van der Waals surface area contributed by atoms with Gasteiger partial charge in [0, 0.05) is 137 Å². The zero-order chi connectivity index (χ0) is 98.4. The van der Waals surface area contributed by atoms with E-state index in [-0.39, 0.29) is 152 Å². The zero-order valence-corrected chi connectivity index (χ0v) is 88.1. The van der Waals surface area contributed by atoms with E-state index in [0.717, 1.165) is 109 Å². The number of rotatable bonds is 59. The molecule has 27 nitrogen and oxygen atoms in total. The number of ether oxygens (including phenoxy) is 11. The second kappa shape index (κ2) is 69.5. The van der Waals surface area contributed by atoms with Crippen molar-refractivity contribution in [2.75, 3.05) is 158 Å². The first-order valence-electron chi connectivity index (χ1n) is 47.7. The summed E-state index contributed by atoms with van der Waals surface area (Å²) in [5, 5.41) is 59.2. The molecule has 27 heteroatoms. The first kappa shape index (κ1) is 131. The maximum absolute atomic E-state index is 12.7. The molecule has 0 aromatic carbocycles. The van der Waals surface area contributed by atoms with Gasteiger partial charge in [0.1, 0.15) is 6.04 Å². The van der Waals surface area contributed by atoms with Crippen LogP contribution in [0.5, 0.6) is 0 Å². The molecule has 0 bridgehead atoms. The molecule has 756 valence electrons. The van der Waals surface area contributed by atoms with Crippen LogP contribution in [-0.4, -0.2) is 271 Å². The highest BCUT2D eigenvalue weighted by Crippen LogP contribution is 2.21. The van der Waals surface area contributed by atoms with Crippen LogP contribution in [0.2, 0.25) is 0 Å². The molecular weight excluding hydrogens is 1610 g/mol. The fourth-order valence-corrected chi connectivity index (χ4v) is 10.5. The predicted molar refractivity (Wildman–Crippen MR) is 516 cm³/mol. The molecule has 4 unspecified atom stereocenters. The van der Waals surface area contributed by atoms with E-state index in [1.165, 1.54) is 6.42 Å². The van der Waals surface area contributed by atoms with Gasteiger partial charge in [-0.05, 0) is 264 Å². The van der Waals surface area contributed by atoms with Crippen molar-refractivity contribution in [2.45, 2.75) is 414 Å². The Morgan fingerprint density at radius 2 is 0.500 bits per heavy atom. The van der Waals surface area contributed by atoms with E-state index in [0.29, 0.717) is 119 Å². The lowest BCUT2D eigenvalue weighted by Gasteiger charge is -2.30. The number of amides is 5. The summed E-state index contributed by atoms with van der Waals surface area (Å²) in [6.45, 7) is 84.1. The zero-order valence-electron chi connectivity index (χ0n) is 88.1. The van der Waals surface area contributed by atoms with Crippen LogP contribution in [0, 0.1) is 39.9 Å². The predicted octanol–water partition coefficient (Wildman–Crippen LogP) is 15.6. The molecule has 0 aliphatic rings. The lowest BCUT2D eigenvalue weighted by molar-refractivity contribution is -0.129. The van der Waals surface area contributed by atoms with Crippen LogP contribution >= 0.6 is 0 Å². The molecule has 5 amide bonds. The number of hydrogen-bond donors (Lipinski definition) is 11. The maximum atomic E-state index is 12.7. The SMILES string of the molecule is CC(C)(C)N[C@@H](CCCOC(C)(C)C)C(=O)NCCCCC(CO)COC(C)(C)C.CC(C)(C)N[C@@H](COC(C)(C)C)C(=O)NCCCCOCCOCCC(CO)COC(C)(C)C.CC(C)(C)OCC(CO)CCCCNC(=O)C(C)(C)C.CC(C)(C)OCC(CO)COCCOCCCNC(=O)C(C)(C)C.CC(C)(C)OCCCCCCNC(=O)C(C)(C)C. The van der Waals surface area contributed by atoms with Gasteiger partial charge >= 0.3 is 0 Å². The Labute approximate surface area is 772 Å². The molecule has 0 heterocycles. The van der Waals surface area contributed by atoms with Gasteiger partial charge in [-0.3, -0.25) is 29.3 Å². The van der Waals surface area contributed by atoms with Crippen LogP contribution < -0.4 is 37.2 Å². The highest BCUT2D eigenvalue weighted by molar-refractivity contribution is 5.83. The monoisotopic (exact) mass is 1810 g/mol. The molecule has 0 rings (SSSR count). The number of carbonyl (C=O) groups is 5. The van der Waals surface area contributed by atoms with Gasteiger partial charge in [-0.25, -0.2) is 0 Å². The summed E-state index contributed by atoms with van der Waals surface area (Å²) in [6.07, 6.45) is 14.9. The van der Waals surface area contributed by atoms with E-state index < -0.39 is 6.04 Å². The number of nitrogens with one attached hydrogen (secondary N) is 7.